The maximum Gasteiger partial charge on any atom is 0.246 e. The number of aromatic amines is 2. The predicted molar refractivity (Wildman–Crippen MR) is 252 cm³/mol. The molecule has 0 bridgehead atoms. The third-order valence-corrected chi connectivity index (χ3v) is 15.0. The Balaban J connectivity index is 0.000000149. The monoisotopic (exact) mass is 890 g/mol. The minimum atomic E-state index is 0.0154. The van der Waals surface area contributed by atoms with Gasteiger partial charge in [-0.05, 0) is 110 Å². The van der Waals surface area contributed by atoms with Gasteiger partial charge in [-0.2, -0.15) is 0 Å². The predicted octanol–water partition coefficient (Wildman–Crippen LogP) is 8.48. The number of benzene rings is 2. The lowest BCUT2D eigenvalue weighted by Crippen LogP contribution is -2.57. The average molecular weight is 891 g/mol. The van der Waals surface area contributed by atoms with Gasteiger partial charge in [0.05, 0.1) is 24.6 Å². The maximum absolute atomic E-state index is 12.4. The number of rotatable bonds is 8. The quantitative estimate of drug-likeness (QED) is 0.108. The number of likely N-dealkylation sites (tertiary alicyclic amines) is 2. The zero-order valence-electron chi connectivity index (χ0n) is 37.7. The lowest BCUT2D eigenvalue weighted by atomic mass is 9.82. The molecule has 4 N–H and O–H groups in total. The van der Waals surface area contributed by atoms with Crippen LogP contribution in [0.25, 0.3) is 44.6 Å². The maximum atomic E-state index is 12.4. The van der Waals surface area contributed by atoms with Crippen LogP contribution in [-0.2, 0) is 19.1 Å². The largest absolute Gasteiger partial charge is 0.507 e. The second kappa shape index (κ2) is 18.1. The molecule has 4 saturated heterocycles. The molecule has 2 saturated carbocycles. The molecule has 14 nitrogen and oxygen atoms in total. The Morgan fingerprint density at radius 3 is 1.44 bits per heavy atom. The number of H-pyrrole nitrogens is 2. The number of hydrogen-bond acceptors (Lipinski definition) is 10. The van der Waals surface area contributed by atoms with Crippen LogP contribution in [-0.4, -0.2) is 114 Å². The number of phenolic OH excluding ortho intramolecular Hbond substituents is 2. The number of para-hydroxylation sites is 2. The van der Waals surface area contributed by atoms with E-state index < -0.39 is 0 Å². The smallest absolute Gasteiger partial charge is 0.246 e. The Morgan fingerprint density at radius 2 is 1.06 bits per heavy atom. The number of hydrogen-bond donors (Lipinski definition) is 4. The molecule has 6 fully saturated rings. The van der Waals surface area contributed by atoms with Gasteiger partial charge in [0.1, 0.15) is 11.5 Å². The van der Waals surface area contributed by atoms with Gasteiger partial charge < -0.3 is 39.5 Å². The molecule has 0 radical (unpaired) electrons. The molecule has 8 atom stereocenters. The molecular weight excluding hydrogens is 833 g/mol. The van der Waals surface area contributed by atoms with E-state index in [1.165, 1.54) is 34.7 Å². The number of aromatic hydroxyl groups is 2. The zero-order valence-corrected chi connectivity index (χ0v) is 37.7. The van der Waals surface area contributed by atoms with Gasteiger partial charge in [0.25, 0.3) is 0 Å². The lowest BCUT2D eigenvalue weighted by Gasteiger charge is -2.46. The fraction of sp³-hybridized carbons (Fsp3) is 0.423. The van der Waals surface area contributed by atoms with E-state index in [4.69, 9.17) is 9.47 Å². The summed E-state index contributed by atoms with van der Waals surface area (Å²) in [5, 5.41) is 40.5. The normalized spacial score (nSPS) is 26.1. The Labute approximate surface area is 384 Å². The van der Waals surface area contributed by atoms with E-state index in [2.05, 4.69) is 43.5 Å². The molecule has 6 aliphatic rings. The van der Waals surface area contributed by atoms with Gasteiger partial charge in [0.2, 0.25) is 11.8 Å². The highest BCUT2D eigenvalue weighted by molar-refractivity contribution is 5.90. The van der Waals surface area contributed by atoms with Gasteiger partial charge in [-0.1, -0.05) is 51.3 Å². The summed E-state index contributed by atoms with van der Waals surface area (Å²) in [6, 6.07) is 18.9. The van der Waals surface area contributed by atoms with Crippen LogP contribution in [0.4, 0.5) is 0 Å². The van der Waals surface area contributed by atoms with Gasteiger partial charge in [-0.3, -0.25) is 9.59 Å². The summed E-state index contributed by atoms with van der Waals surface area (Å²) in [7, 11) is 0. The molecule has 2 aliphatic carbocycles. The van der Waals surface area contributed by atoms with Gasteiger partial charge in [0.15, 0.2) is 11.3 Å². The minimum absolute atomic E-state index is 0.0154. The van der Waals surface area contributed by atoms with Crippen LogP contribution in [0.1, 0.15) is 98.6 Å². The number of carbonyl (C=O) groups excluding carboxylic acids is 2. The van der Waals surface area contributed by atoms with Crippen LogP contribution >= 0.6 is 0 Å². The van der Waals surface area contributed by atoms with Crippen LogP contribution in [0.5, 0.6) is 11.5 Å². The van der Waals surface area contributed by atoms with Crippen molar-refractivity contribution in [1.82, 2.24) is 40.2 Å². The van der Waals surface area contributed by atoms with Crippen LogP contribution < -0.4 is 0 Å². The van der Waals surface area contributed by atoms with Crippen molar-refractivity contribution >= 4 is 33.9 Å². The topological polar surface area (TPSA) is 183 Å². The first-order valence-electron chi connectivity index (χ1n) is 23.7. The second-order valence-electron chi connectivity index (χ2n) is 18.3. The number of nitrogens with one attached hydrogen (secondary N) is 2. The number of fused-ring (bicyclic) bond motifs is 4. The summed E-state index contributed by atoms with van der Waals surface area (Å²) >= 11 is 0. The van der Waals surface area contributed by atoms with E-state index in [0.717, 1.165) is 86.9 Å². The van der Waals surface area contributed by atoms with Crippen molar-refractivity contribution in [2.45, 2.75) is 88.1 Å². The molecule has 342 valence electrons. The zero-order chi connectivity index (χ0) is 45.6. The molecule has 8 heterocycles. The van der Waals surface area contributed by atoms with Crippen molar-refractivity contribution in [3.63, 3.8) is 0 Å². The SMILES string of the molecule is C=CC(=O)N1CC2CCC(c3[nH]c4nnc(-c5ccccc5O)cc4c3C3CCOC3)C21.C=CC(=O)N1CC2CC[C@@H](c3[nH]c4nnc(-c5ccccc5O)cc4c3C3CCOC3)C21.CC. The molecule has 0 spiro atoms. The van der Waals surface area contributed by atoms with Crippen molar-refractivity contribution in [3.05, 3.63) is 108 Å². The molecule has 2 amide bonds. The number of nitrogens with zero attached hydrogens (tertiary/aromatic N) is 6. The first kappa shape index (κ1) is 43.5. The summed E-state index contributed by atoms with van der Waals surface area (Å²) in [6.07, 6.45) is 9.11. The standard InChI is InChI=1S/2C25H26N4O3.C2H6/c2*1-2-21(31)29-12-14-7-8-17(24(14)29)23-22(15-9-10-32-13-15)18-11-19(27-28-25(18)26-23)16-5-3-4-6-20(16)30;1-2/h2*2-6,11,14-15,17,24,30H,1,7-10,12-13H2,(H,26,28);1-2H3/t14?,15?,17-,24?;;/m0../s1. The Kier molecular flexibility index (Phi) is 11.9. The second-order valence-corrected chi connectivity index (χ2v) is 18.3. The van der Waals surface area contributed by atoms with Crippen LogP contribution in [0.15, 0.2) is 86.0 Å². The number of amides is 2. The van der Waals surface area contributed by atoms with Gasteiger partial charge in [0, 0.05) is 95.3 Å². The number of ether oxygens (including phenoxy) is 2. The van der Waals surface area contributed by atoms with Crippen molar-refractivity contribution in [3.8, 4) is 34.0 Å². The summed E-state index contributed by atoms with van der Waals surface area (Å²) < 4.78 is 11.5. The molecular formula is C52H58N8O6. The van der Waals surface area contributed by atoms with Gasteiger partial charge in [-0.25, -0.2) is 0 Å². The molecule has 4 aliphatic heterocycles. The van der Waals surface area contributed by atoms with E-state index in [0.29, 0.717) is 47.6 Å². The third-order valence-electron chi connectivity index (χ3n) is 15.0. The van der Waals surface area contributed by atoms with Gasteiger partial charge in [-0.15, -0.1) is 20.4 Å². The summed E-state index contributed by atoms with van der Waals surface area (Å²) in [5.74, 6) is 2.56. The Morgan fingerprint density at radius 1 is 0.636 bits per heavy atom. The summed E-state index contributed by atoms with van der Waals surface area (Å²) in [6.45, 7) is 15.9. The van der Waals surface area contributed by atoms with E-state index in [1.54, 1.807) is 24.3 Å². The fourth-order valence-electron chi connectivity index (χ4n) is 12.0. The summed E-state index contributed by atoms with van der Waals surface area (Å²) in [5.41, 5.74) is 8.98. The highest BCUT2D eigenvalue weighted by Crippen LogP contribution is 2.52. The van der Waals surface area contributed by atoms with Crippen LogP contribution in [0, 0.1) is 11.8 Å². The summed E-state index contributed by atoms with van der Waals surface area (Å²) in [4.78, 5) is 35.9. The number of aromatic nitrogens is 6. The van der Waals surface area contributed by atoms with Crippen LogP contribution in [0.2, 0.25) is 0 Å². The molecule has 14 heteroatoms. The van der Waals surface area contributed by atoms with E-state index in [-0.39, 0.29) is 59.1 Å². The Bertz CT molecular complexity index is 2620. The highest BCUT2D eigenvalue weighted by Gasteiger charge is 2.53. The van der Waals surface area contributed by atoms with Crippen molar-refractivity contribution < 1.29 is 29.3 Å². The molecule has 12 rings (SSSR count). The highest BCUT2D eigenvalue weighted by atomic mass is 16.5. The van der Waals surface area contributed by atoms with Crippen LogP contribution in [0.3, 0.4) is 0 Å². The molecule has 7 unspecified atom stereocenters. The minimum Gasteiger partial charge on any atom is -0.507 e. The van der Waals surface area contributed by atoms with Crippen molar-refractivity contribution in [2.75, 3.05) is 39.5 Å². The third kappa shape index (κ3) is 7.44. The van der Waals surface area contributed by atoms with Crippen molar-refractivity contribution in [1.29, 1.82) is 0 Å². The van der Waals surface area contributed by atoms with E-state index in [9.17, 15) is 19.8 Å². The van der Waals surface area contributed by atoms with E-state index >= 15 is 0 Å². The Hall–Kier alpha value is -6.38. The van der Waals surface area contributed by atoms with E-state index in [1.807, 2.05) is 60.0 Å². The molecule has 2 aromatic carbocycles. The van der Waals surface area contributed by atoms with Crippen molar-refractivity contribution in [2.24, 2.45) is 11.8 Å². The molecule has 6 aromatic rings. The first-order chi connectivity index (χ1) is 32.3. The first-order valence-corrected chi connectivity index (χ1v) is 23.7. The fourth-order valence-corrected chi connectivity index (χ4v) is 12.0. The molecule has 4 aromatic heterocycles. The van der Waals surface area contributed by atoms with Gasteiger partial charge >= 0.3 is 0 Å². The number of phenols is 2. The lowest BCUT2D eigenvalue weighted by molar-refractivity contribution is -0.137. The number of carbonyl (C=O) groups is 2. The molecule has 66 heavy (non-hydrogen) atoms. The average Bonchev–Trinajstić information content (AvgIpc) is 4.20.